The second-order valence-electron chi connectivity index (χ2n) is 6.58. The number of carbonyl (C=O) groups is 1. The Morgan fingerprint density at radius 3 is 1.33 bits per heavy atom. The smallest absolute Gasteiger partial charge is 0.119 e. The first-order valence-corrected chi connectivity index (χ1v) is 10.2. The molecule has 0 amide bonds. The lowest BCUT2D eigenvalue weighted by Crippen LogP contribution is -1.83. The Labute approximate surface area is 150 Å². The summed E-state index contributed by atoms with van der Waals surface area (Å²) in [4.78, 5) is 13.9. The van der Waals surface area contributed by atoms with Crippen LogP contribution in [0.15, 0.2) is 30.6 Å². The molecule has 2 heteroatoms. The normalized spacial score (nSPS) is 10.0. The molecule has 0 aliphatic heterocycles. The van der Waals surface area contributed by atoms with Gasteiger partial charge in [0.25, 0.3) is 0 Å². The molecule has 1 rings (SSSR count). The third-order valence-electron chi connectivity index (χ3n) is 4.24. The van der Waals surface area contributed by atoms with Gasteiger partial charge in [-0.2, -0.15) is 0 Å². The largest absolute Gasteiger partial charge is 0.303 e. The van der Waals surface area contributed by atoms with Crippen LogP contribution in [0.5, 0.6) is 0 Å². The Balaban J connectivity index is 0.000000728. The zero-order chi connectivity index (χ0) is 17.6. The van der Waals surface area contributed by atoms with Crippen LogP contribution < -0.4 is 0 Å². The van der Waals surface area contributed by atoms with Gasteiger partial charge in [0.05, 0.1) is 0 Å². The zero-order valence-electron chi connectivity index (χ0n) is 15.9. The monoisotopic (exact) mass is 333 g/mol. The standard InChI is InChI=1S/C17H34O.C5H5N/c1-2-3-4-5-6-7-8-9-10-11-12-13-14-15-16-17-18;1-2-4-6-5-3-1/h17H,2-16H2,1H3;1-5H. The second kappa shape index (κ2) is 21.8. The lowest BCUT2D eigenvalue weighted by Gasteiger charge is -2.02. The van der Waals surface area contributed by atoms with Gasteiger partial charge in [0, 0.05) is 18.8 Å². The number of nitrogens with zero attached hydrogens (tertiary/aromatic N) is 1. The lowest BCUT2D eigenvalue weighted by molar-refractivity contribution is -0.107. The highest BCUT2D eigenvalue weighted by Gasteiger charge is 1.93. The zero-order valence-corrected chi connectivity index (χ0v) is 15.9. The van der Waals surface area contributed by atoms with Gasteiger partial charge < -0.3 is 4.79 Å². The van der Waals surface area contributed by atoms with Crippen molar-refractivity contribution < 1.29 is 4.79 Å². The maximum Gasteiger partial charge on any atom is 0.119 e. The molecule has 0 atom stereocenters. The number of unbranched alkanes of at least 4 members (excludes halogenated alkanes) is 14. The van der Waals surface area contributed by atoms with Crippen LogP contribution in [-0.2, 0) is 4.79 Å². The molecule has 1 heterocycles. The van der Waals surface area contributed by atoms with Crippen LogP contribution in [0.3, 0.4) is 0 Å². The van der Waals surface area contributed by atoms with Crippen molar-refractivity contribution >= 4 is 6.29 Å². The van der Waals surface area contributed by atoms with E-state index in [1.165, 1.54) is 83.5 Å². The highest BCUT2D eigenvalue weighted by atomic mass is 16.1. The summed E-state index contributed by atoms with van der Waals surface area (Å²) in [5.41, 5.74) is 0. The van der Waals surface area contributed by atoms with Gasteiger partial charge in [-0.3, -0.25) is 4.98 Å². The summed E-state index contributed by atoms with van der Waals surface area (Å²) in [6.45, 7) is 2.28. The first-order chi connectivity index (χ1) is 11.9. The quantitative estimate of drug-likeness (QED) is 0.252. The Kier molecular flexibility index (Phi) is 20.7. The Morgan fingerprint density at radius 1 is 0.625 bits per heavy atom. The number of rotatable bonds is 15. The molecule has 1 aromatic heterocycles. The Morgan fingerprint density at radius 2 is 1.04 bits per heavy atom. The van der Waals surface area contributed by atoms with Gasteiger partial charge in [0.15, 0.2) is 0 Å². The van der Waals surface area contributed by atoms with Crippen LogP contribution in [0.25, 0.3) is 0 Å². The number of hydrogen-bond donors (Lipinski definition) is 0. The van der Waals surface area contributed by atoms with Crippen molar-refractivity contribution in [3.8, 4) is 0 Å². The molecule has 0 unspecified atom stereocenters. The highest BCUT2D eigenvalue weighted by molar-refractivity contribution is 5.48. The van der Waals surface area contributed by atoms with E-state index in [-0.39, 0.29) is 0 Å². The summed E-state index contributed by atoms with van der Waals surface area (Å²) in [6.07, 6.45) is 24.6. The van der Waals surface area contributed by atoms with Crippen molar-refractivity contribution in [1.82, 2.24) is 4.98 Å². The van der Waals surface area contributed by atoms with Crippen LogP contribution >= 0.6 is 0 Å². The predicted molar refractivity (Wildman–Crippen MR) is 105 cm³/mol. The molecule has 0 fully saturated rings. The van der Waals surface area contributed by atoms with Crippen molar-refractivity contribution in [2.24, 2.45) is 0 Å². The SMILES string of the molecule is CCCCCCCCCCCCCCCCC=O.c1ccncc1. The highest BCUT2D eigenvalue weighted by Crippen LogP contribution is 2.13. The van der Waals surface area contributed by atoms with Crippen LogP contribution in [0.4, 0.5) is 0 Å². The summed E-state index contributed by atoms with van der Waals surface area (Å²) in [6, 6.07) is 5.72. The van der Waals surface area contributed by atoms with E-state index in [1.54, 1.807) is 12.4 Å². The minimum absolute atomic E-state index is 0.762. The summed E-state index contributed by atoms with van der Waals surface area (Å²) in [5, 5.41) is 0. The summed E-state index contributed by atoms with van der Waals surface area (Å²) in [7, 11) is 0. The molecule has 1 aromatic rings. The fourth-order valence-corrected chi connectivity index (χ4v) is 2.73. The number of pyridine rings is 1. The molecule has 24 heavy (non-hydrogen) atoms. The van der Waals surface area contributed by atoms with Gasteiger partial charge in [-0.05, 0) is 18.6 Å². The van der Waals surface area contributed by atoms with Crippen LogP contribution in [-0.4, -0.2) is 11.3 Å². The third kappa shape index (κ3) is 20.8. The number of hydrogen-bond acceptors (Lipinski definition) is 2. The molecule has 0 aromatic carbocycles. The first kappa shape index (κ1) is 22.8. The minimum atomic E-state index is 0.762. The summed E-state index contributed by atoms with van der Waals surface area (Å²) in [5.74, 6) is 0. The van der Waals surface area contributed by atoms with E-state index < -0.39 is 0 Å². The predicted octanol–water partition coefficient (Wildman–Crippen LogP) is 7.14. The molecular formula is C22H39NO. The molecule has 0 radical (unpaired) electrons. The van der Waals surface area contributed by atoms with E-state index in [9.17, 15) is 4.79 Å². The van der Waals surface area contributed by atoms with Crippen molar-refractivity contribution in [2.75, 3.05) is 0 Å². The molecular weight excluding hydrogens is 294 g/mol. The molecule has 2 nitrogen and oxygen atoms in total. The lowest BCUT2D eigenvalue weighted by atomic mass is 10.0. The third-order valence-corrected chi connectivity index (χ3v) is 4.24. The van der Waals surface area contributed by atoms with Gasteiger partial charge in [-0.15, -0.1) is 0 Å². The van der Waals surface area contributed by atoms with Crippen molar-refractivity contribution in [2.45, 2.75) is 103 Å². The fraction of sp³-hybridized carbons (Fsp3) is 0.727. The summed E-state index contributed by atoms with van der Waals surface area (Å²) >= 11 is 0. The van der Waals surface area contributed by atoms with E-state index in [0.29, 0.717) is 0 Å². The second-order valence-corrected chi connectivity index (χ2v) is 6.58. The van der Waals surface area contributed by atoms with Crippen molar-refractivity contribution in [3.05, 3.63) is 30.6 Å². The van der Waals surface area contributed by atoms with Crippen LogP contribution in [0, 0.1) is 0 Å². The molecule has 0 spiro atoms. The number of carbonyl (C=O) groups excluding carboxylic acids is 1. The van der Waals surface area contributed by atoms with E-state index in [2.05, 4.69) is 11.9 Å². The maximum absolute atomic E-state index is 10.1. The van der Waals surface area contributed by atoms with Crippen LogP contribution in [0.2, 0.25) is 0 Å². The molecule has 0 saturated carbocycles. The molecule has 138 valence electrons. The number of aromatic nitrogens is 1. The van der Waals surface area contributed by atoms with Gasteiger partial charge >= 0.3 is 0 Å². The van der Waals surface area contributed by atoms with E-state index in [4.69, 9.17) is 0 Å². The molecule has 0 aliphatic carbocycles. The van der Waals surface area contributed by atoms with Gasteiger partial charge in [0.2, 0.25) is 0 Å². The molecule has 0 bridgehead atoms. The minimum Gasteiger partial charge on any atom is -0.303 e. The first-order valence-electron chi connectivity index (χ1n) is 10.2. The van der Waals surface area contributed by atoms with Gasteiger partial charge in [-0.25, -0.2) is 0 Å². The average Bonchev–Trinajstić information content (AvgIpc) is 2.64. The fourth-order valence-electron chi connectivity index (χ4n) is 2.73. The van der Waals surface area contributed by atoms with Crippen LogP contribution in [0.1, 0.15) is 103 Å². The Bertz CT molecular complexity index is 299. The molecule has 0 N–H and O–H groups in total. The maximum atomic E-state index is 10.1. The average molecular weight is 334 g/mol. The van der Waals surface area contributed by atoms with Crippen molar-refractivity contribution in [1.29, 1.82) is 0 Å². The van der Waals surface area contributed by atoms with E-state index >= 15 is 0 Å². The van der Waals surface area contributed by atoms with E-state index in [1.807, 2.05) is 18.2 Å². The van der Waals surface area contributed by atoms with Crippen molar-refractivity contribution in [3.63, 3.8) is 0 Å². The topological polar surface area (TPSA) is 30.0 Å². The van der Waals surface area contributed by atoms with Gasteiger partial charge in [0.1, 0.15) is 6.29 Å². The van der Waals surface area contributed by atoms with Gasteiger partial charge in [-0.1, -0.05) is 96.5 Å². The van der Waals surface area contributed by atoms with E-state index in [0.717, 1.165) is 19.1 Å². The number of aldehydes is 1. The molecule has 0 aliphatic rings. The summed E-state index contributed by atoms with van der Waals surface area (Å²) < 4.78 is 0. The Hall–Kier alpha value is -1.18. The molecule has 0 saturated heterocycles.